The van der Waals surface area contributed by atoms with Crippen molar-refractivity contribution in [3.63, 3.8) is 0 Å². The minimum Gasteiger partial charge on any atom is -0.354 e. The van der Waals surface area contributed by atoms with Gasteiger partial charge in [0.15, 0.2) is 0 Å². The lowest BCUT2D eigenvalue weighted by molar-refractivity contribution is -0.124. The normalized spacial score (nSPS) is 15.4. The van der Waals surface area contributed by atoms with Crippen molar-refractivity contribution in [2.24, 2.45) is 0 Å². The van der Waals surface area contributed by atoms with E-state index in [4.69, 9.17) is 0 Å². The minimum absolute atomic E-state index is 0.0353. The van der Waals surface area contributed by atoms with Gasteiger partial charge in [0.25, 0.3) is 11.1 Å². The van der Waals surface area contributed by atoms with Crippen LogP contribution in [0.2, 0.25) is 0 Å². The summed E-state index contributed by atoms with van der Waals surface area (Å²) in [7, 11) is 0. The Morgan fingerprint density at radius 2 is 1.89 bits per heavy atom. The Bertz CT molecular complexity index is 899. The van der Waals surface area contributed by atoms with E-state index >= 15 is 0 Å². The number of nitrogens with zero attached hydrogens (tertiary/aromatic N) is 1. The van der Waals surface area contributed by atoms with Gasteiger partial charge in [-0.3, -0.25) is 19.3 Å². The molecule has 1 aliphatic rings. The summed E-state index contributed by atoms with van der Waals surface area (Å²) in [5.41, 5.74) is 1.40. The van der Waals surface area contributed by atoms with E-state index in [0.29, 0.717) is 10.5 Å². The van der Waals surface area contributed by atoms with E-state index in [0.717, 1.165) is 22.2 Å². The highest BCUT2D eigenvalue weighted by molar-refractivity contribution is 8.18. The molecule has 1 saturated heterocycles. The lowest BCUT2D eigenvalue weighted by Gasteiger charge is -2.13. The molecule has 0 saturated carbocycles. The largest absolute Gasteiger partial charge is 0.354 e. The fourth-order valence-corrected chi connectivity index (χ4v) is 3.46. The maximum absolute atomic E-state index is 13.1. The molecule has 1 fully saturated rings. The summed E-state index contributed by atoms with van der Waals surface area (Å²) < 4.78 is 13.1. The monoisotopic (exact) mass is 384 g/mol. The van der Waals surface area contributed by atoms with Crippen LogP contribution in [0.15, 0.2) is 59.5 Å². The van der Waals surface area contributed by atoms with Crippen molar-refractivity contribution >= 4 is 34.9 Å². The molecule has 1 heterocycles. The van der Waals surface area contributed by atoms with Gasteiger partial charge < -0.3 is 5.32 Å². The fourth-order valence-electron chi connectivity index (χ4n) is 2.60. The summed E-state index contributed by atoms with van der Waals surface area (Å²) in [4.78, 5) is 37.8. The molecule has 0 bridgehead atoms. The van der Waals surface area contributed by atoms with E-state index in [9.17, 15) is 18.8 Å². The van der Waals surface area contributed by atoms with Crippen molar-refractivity contribution in [3.05, 3.63) is 76.4 Å². The van der Waals surface area contributed by atoms with Gasteiger partial charge in [0, 0.05) is 13.1 Å². The van der Waals surface area contributed by atoms with Gasteiger partial charge in [-0.15, -0.1) is 0 Å². The number of carbonyl (C=O) groups excluding carboxylic acids is 3. The average Bonchev–Trinajstić information content (AvgIpc) is 2.90. The Kier molecular flexibility index (Phi) is 6.03. The van der Waals surface area contributed by atoms with E-state index in [1.165, 1.54) is 18.2 Å². The van der Waals surface area contributed by atoms with Crippen LogP contribution >= 0.6 is 11.8 Å². The molecule has 5 nitrogen and oxygen atoms in total. The molecule has 1 N–H and O–H groups in total. The zero-order valence-electron chi connectivity index (χ0n) is 14.4. The first-order valence-electron chi connectivity index (χ1n) is 8.34. The van der Waals surface area contributed by atoms with Crippen LogP contribution in [0, 0.1) is 5.82 Å². The Morgan fingerprint density at radius 1 is 1.11 bits per heavy atom. The summed E-state index contributed by atoms with van der Waals surface area (Å²) in [5.74, 6) is -1.07. The molecule has 0 unspecified atom stereocenters. The Balaban J connectivity index is 1.52. The number of imide groups is 1. The number of rotatable bonds is 6. The number of thioether (sulfide) groups is 1. The predicted molar refractivity (Wildman–Crippen MR) is 102 cm³/mol. The van der Waals surface area contributed by atoms with E-state index in [-0.39, 0.29) is 36.6 Å². The molecule has 0 radical (unpaired) electrons. The standard InChI is InChI=1S/C20H17FN2O3S/c21-16-8-4-7-15(11-16)13-18(24)22-9-10-23-19(25)17(27-20(23)26)12-14-5-2-1-3-6-14/h1-8,11-12H,9-10,13H2,(H,22,24)/b17-12+. The molecule has 3 rings (SSSR count). The highest BCUT2D eigenvalue weighted by atomic mass is 32.2. The highest BCUT2D eigenvalue weighted by Crippen LogP contribution is 2.31. The molecule has 2 aromatic carbocycles. The molecule has 1 aliphatic heterocycles. The number of carbonyl (C=O) groups is 3. The van der Waals surface area contributed by atoms with Gasteiger partial charge in [-0.25, -0.2) is 4.39 Å². The van der Waals surface area contributed by atoms with E-state index in [2.05, 4.69) is 5.32 Å². The van der Waals surface area contributed by atoms with Crippen LogP contribution in [0.25, 0.3) is 6.08 Å². The number of hydrogen-bond acceptors (Lipinski definition) is 4. The lowest BCUT2D eigenvalue weighted by atomic mass is 10.1. The van der Waals surface area contributed by atoms with Gasteiger partial charge >= 0.3 is 0 Å². The maximum atomic E-state index is 13.1. The smallest absolute Gasteiger partial charge is 0.293 e. The van der Waals surface area contributed by atoms with Crippen LogP contribution in [0.3, 0.4) is 0 Å². The van der Waals surface area contributed by atoms with Crippen molar-refractivity contribution in [2.45, 2.75) is 6.42 Å². The molecule has 7 heteroatoms. The summed E-state index contributed by atoms with van der Waals surface area (Å²) in [5, 5.41) is 2.29. The van der Waals surface area contributed by atoms with Gasteiger partial charge in [0.05, 0.1) is 11.3 Å². The first-order chi connectivity index (χ1) is 13.0. The number of benzene rings is 2. The van der Waals surface area contributed by atoms with Crippen LogP contribution in [0.4, 0.5) is 9.18 Å². The molecular weight excluding hydrogens is 367 g/mol. The summed E-state index contributed by atoms with van der Waals surface area (Å²) in [6, 6.07) is 15.1. The van der Waals surface area contributed by atoms with E-state index in [1.54, 1.807) is 12.1 Å². The number of nitrogens with one attached hydrogen (secondary N) is 1. The molecule has 2 aromatic rings. The molecule has 27 heavy (non-hydrogen) atoms. The second-order valence-electron chi connectivity index (χ2n) is 5.90. The zero-order valence-corrected chi connectivity index (χ0v) is 15.2. The first kappa shape index (κ1) is 18.8. The third-order valence-electron chi connectivity index (χ3n) is 3.88. The predicted octanol–water partition coefficient (Wildman–Crippen LogP) is 3.22. The Hall–Kier alpha value is -2.93. The molecule has 0 aromatic heterocycles. The third kappa shape index (κ3) is 5.04. The van der Waals surface area contributed by atoms with Crippen molar-refractivity contribution in [1.82, 2.24) is 10.2 Å². The van der Waals surface area contributed by atoms with Gasteiger partial charge in [-0.1, -0.05) is 42.5 Å². The van der Waals surface area contributed by atoms with Crippen molar-refractivity contribution in [1.29, 1.82) is 0 Å². The summed E-state index contributed by atoms with van der Waals surface area (Å²) in [6.45, 7) is 0.233. The molecular formula is C20H17FN2O3S. The van der Waals surface area contributed by atoms with Crippen LogP contribution < -0.4 is 5.32 Å². The Morgan fingerprint density at radius 3 is 2.63 bits per heavy atom. The van der Waals surface area contributed by atoms with E-state index in [1.807, 2.05) is 30.3 Å². The zero-order chi connectivity index (χ0) is 19.2. The van der Waals surface area contributed by atoms with E-state index < -0.39 is 5.82 Å². The molecule has 3 amide bonds. The SMILES string of the molecule is O=C(Cc1cccc(F)c1)NCCN1C(=O)S/C(=C/c2ccccc2)C1=O. The van der Waals surface area contributed by atoms with Crippen LogP contribution in [0.5, 0.6) is 0 Å². The topological polar surface area (TPSA) is 66.5 Å². The van der Waals surface area contributed by atoms with Gasteiger partial charge in [0.2, 0.25) is 5.91 Å². The van der Waals surface area contributed by atoms with Gasteiger partial charge in [-0.2, -0.15) is 0 Å². The van der Waals surface area contributed by atoms with Gasteiger partial charge in [0.1, 0.15) is 5.82 Å². The minimum atomic E-state index is -0.400. The van der Waals surface area contributed by atoms with Crippen molar-refractivity contribution in [3.8, 4) is 0 Å². The lowest BCUT2D eigenvalue weighted by Crippen LogP contribution is -2.37. The van der Waals surface area contributed by atoms with Crippen LogP contribution in [-0.4, -0.2) is 35.0 Å². The van der Waals surface area contributed by atoms with Gasteiger partial charge in [-0.05, 0) is 41.1 Å². The second-order valence-corrected chi connectivity index (χ2v) is 6.89. The van der Waals surface area contributed by atoms with Crippen molar-refractivity contribution in [2.75, 3.05) is 13.1 Å². The van der Waals surface area contributed by atoms with Crippen LogP contribution in [-0.2, 0) is 16.0 Å². The second kappa shape index (κ2) is 8.64. The molecule has 0 spiro atoms. The maximum Gasteiger partial charge on any atom is 0.293 e. The Labute approximate surface area is 160 Å². The summed E-state index contributed by atoms with van der Waals surface area (Å²) in [6.07, 6.45) is 1.71. The third-order valence-corrected chi connectivity index (χ3v) is 4.79. The fraction of sp³-hybridized carbons (Fsp3) is 0.150. The molecule has 0 aliphatic carbocycles. The molecule has 138 valence electrons. The van der Waals surface area contributed by atoms with Crippen molar-refractivity contribution < 1.29 is 18.8 Å². The number of hydrogen-bond donors (Lipinski definition) is 1. The number of halogens is 1. The molecule has 0 atom stereocenters. The van der Waals surface area contributed by atoms with Crippen LogP contribution in [0.1, 0.15) is 11.1 Å². The summed E-state index contributed by atoms with van der Waals surface area (Å²) >= 11 is 0.884. The first-order valence-corrected chi connectivity index (χ1v) is 9.16. The quantitative estimate of drug-likeness (QED) is 0.777. The number of amides is 3. The average molecular weight is 384 g/mol. The highest BCUT2D eigenvalue weighted by Gasteiger charge is 2.34.